The van der Waals surface area contributed by atoms with Crippen LogP contribution in [0.5, 0.6) is 0 Å². The number of halogens is 1. The van der Waals surface area contributed by atoms with Crippen LogP contribution in [-0.2, 0) is 0 Å². The molecule has 0 nitrogen and oxygen atoms in total. The van der Waals surface area contributed by atoms with E-state index in [1.165, 1.54) is 0 Å². The molecule has 1 rings (SSSR count). The molecule has 0 saturated carbocycles. The molecule has 0 radical (unpaired) electrons. The highest BCUT2D eigenvalue weighted by atomic mass is 35.5. The Bertz CT molecular complexity index is 136. The van der Waals surface area contributed by atoms with Gasteiger partial charge in [-0.25, -0.2) is 0 Å². The maximum atomic E-state index is 6.03. The van der Waals surface area contributed by atoms with Gasteiger partial charge >= 0.3 is 0 Å². The van der Waals surface area contributed by atoms with Crippen molar-refractivity contribution in [3.8, 4) is 0 Å². The Labute approximate surface area is 75.8 Å². The van der Waals surface area contributed by atoms with Crippen molar-refractivity contribution in [1.82, 2.24) is 0 Å². The predicted molar refractivity (Wildman–Crippen MR) is 53.4 cm³/mol. The topological polar surface area (TPSA) is 0 Å². The second-order valence-electron chi connectivity index (χ2n) is 2.23. The van der Waals surface area contributed by atoms with Gasteiger partial charge in [0.15, 0.2) is 0 Å². The van der Waals surface area contributed by atoms with Crippen LogP contribution >= 0.6 is 35.1 Å². The maximum Gasteiger partial charge on any atom is 0.0648 e. The average Bonchev–Trinajstić information content (AvgIpc) is 2.30. The fourth-order valence-corrected chi connectivity index (χ4v) is 3.79. The first-order valence-corrected chi connectivity index (χ1v) is 6.19. The summed E-state index contributed by atoms with van der Waals surface area (Å²) in [6.45, 7) is 0. The van der Waals surface area contributed by atoms with Crippen LogP contribution in [-0.4, -0.2) is 28.4 Å². The Kier molecular flexibility index (Phi) is 3.47. The van der Waals surface area contributed by atoms with Gasteiger partial charge in [-0.2, -0.15) is 23.5 Å². The molecular formula is C7H11ClS2. The normalized spacial score (nSPS) is 38.9. The predicted octanol–water partition coefficient (Wildman–Crippen LogP) is 2.63. The average molecular weight is 195 g/mol. The molecule has 58 valence electrons. The molecule has 10 heavy (non-hydrogen) atoms. The van der Waals surface area contributed by atoms with Gasteiger partial charge in [-0.15, -0.1) is 11.6 Å². The van der Waals surface area contributed by atoms with Crippen molar-refractivity contribution in [3.05, 3.63) is 12.2 Å². The molecule has 0 amide bonds. The maximum absolute atomic E-state index is 6.03. The zero-order valence-corrected chi connectivity index (χ0v) is 8.47. The Morgan fingerprint density at radius 1 is 1.20 bits per heavy atom. The second kappa shape index (κ2) is 3.93. The molecule has 0 N–H and O–H groups in total. The highest BCUT2D eigenvalue weighted by Crippen LogP contribution is 2.33. The van der Waals surface area contributed by atoms with E-state index in [2.05, 4.69) is 24.7 Å². The van der Waals surface area contributed by atoms with Crippen LogP contribution in [0.25, 0.3) is 0 Å². The minimum Gasteiger partial charge on any atom is -0.159 e. The SMILES string of the molecule is CSC1C=CC(Cl)C1SC. The molecule has 0 aromatic rings. The number of rotatable bonds is 2. The summed E-state index contributed by atoms with van der Waals surface area (Å²) in [5, 5.41) is 1.45. The molecule has 3 heteroatoms. The molecule has 0 saturated heterocycles. The third-order valence-electron chi connectivity index (χ3n) is 1.67. The quantitative estimate of drug-likeness (QED) is 0.490. The van der Waals surface area contributed by atoms with Gasteiger partial charge in [-0.1, -0.05) is 12.2 Å². The highest BCUT2D eigenvalue weighted by molar-refractivity contribution is 8.03. The van der Waals surface area contributed by atoms with Crippen LogP contribution in [0.3, 0.4) is 0 Å². The van der Waals surface area contributed by atoms with E-state index in [0.29, 0.717) is 10.5 Å². The number of hydrogen-bond donors (Lipinski definition) is 0. The molecule has 1 aliphatic rings. The van der Waals surface area contributed by atoms with Crippen LogP contribution in [0.15, 0.2) is 12.2 Å². The second-order valence-corrected chi connectivity index (χ2v) is 4.77. The molecule has 3 unspecified atom stereocenters. The van der Waals surface area contributed by atoms with E-state index in [1.807, 2.05) is 23.5 Å². The van der Waals surface area contributed by atoms with Crippen molar-refractivity contribution in [1.29, 1.82) is 0 Å². The summed E-state index contributed by atoms with van der Waals surface area (Å²) < 4.78 is 0. The number of alkyl halides is 1. The van der Waals surface area contributed by atoms with Gasteiger partial charge in [0.25, 0.3) is 0 Å². The summed E-state index contributed by atoms with van der Waals surface area (Å²) in [5.41, 5.74) is 0. The fourth-order valence-electron chi connectivity index (χ4n) is 1.09. The summed E-state index contributed by atoms with van der Waals surface area (Å²) in [5.74, 6) is 0. The molecule has 0 bridgehead atoms. The van der Waals surface area contributed by atoms with E-state index in [0.717, 1.165) is 0 Å². The summed E-state index contributed by atoms with van der Waals surface area (Å²) in [4.78, 5) is 0. The van der Waals surface area contributed by atoms with Crippen molar-refractivity contribution < 1.29 is 0 Å². The summed E-state index contributed by atoms with van der Waals surface area (Å²) in [6, 6.07) is 0. The van der Waals surface area contributed by atoms with Crippen molar-refractivity contribution in [2.45, 2.75) is 15.9 Å². The molecule has 0 spiro atoms. The monoisotopic (exact) mass is 194 g/mol. The number of hydrogen-bond acceptors (Lipinski definition) is 2. The van der Waals surface area contributed by atoms with E-state index in [-0.39, 0.29) is 5.38 Å². The van der Waals surface area contributed by atoms with Gasteiger partial charge < -0.3 is 0 Å². The number of thioether (sulfide) groups is 2. The van der Waals surface area contributed by atoms with Crippen LogP contribution in [0, 0.1) is 0 Å². The first-order chi connectivity index (χ1) is 4.79. The van der Waals surface area contributed by atoms with Crippen molar-refractivity contribution in [2.75, 3.05) is 12.5 Å². The van der Waals surface area contributed by atoms with E-state index in [4.69, 9.17) is 11.6 Å². The lowest BCUT2D eigenvalue weighted by atomic mass is 10.3. The van der Waals surface area contributed by atoms with Gasteiger partial charge in [-0.05, 0) is 12.5 Å². The molecule has 1 aliphatic carbocycles. The van der Waals surface area contributed by atoms with E-state index in [9.17, 15) is 0 Å². The third kappa shape index (κ3) is 1.66. The zero-order chi connectivity index (χ0) is 7.56. The van der Waals surface area contributed by atoms with Gasteiger partial charge in [0.05, 0.1) is 5.38 Å². The minimum absolute atomic E-state index is 0.243. The highest BCUT2D eigenvalue weighted by Gasteiger charge is 2.28. The van der Waals surface area contributed by atoms with Crippen LogP contribution < -0.4 is 0 Å². The van der Waals surface area contributed by atoms with Gasteiger partial charge in [0, 0.05) is 10.5 Å². The van der Waals surface area contributed by atoms with Gasteiger partial charge in [0.1, 0.15) is 0 Å². The van der Waals surface area contributed by atoms with E-state index >= 15 is 0 Å². The number of allylic oxidation sites excluding steroid dienone is 1. The van der Waals surface area contributed by atoms with E-state index in [1.54, 1.807) is 0 Å². The van der Waals surface area contributed by atoms with Crippen molar-refractivity contribution in [3.63, 3.8) is 0 Å². The Balaban J connectivity index is 2.53. The Hall–Kier alpha value is 0.730. The molecular weight excluding hydrogens is 184 g/mol. The molecule has 3 atom stereocenters. The molecule has 0 heterocycles. The lowest BCUT2D eigenvalue weighted by molar-refractivity contribution is 0.979. The molecule has 0 aromatic carbocycles. The summed E-state index contributed by atoms with van der Waals surface area (Å²) in [7, 11) is 0. The van der Waals surface area contributed by atoms with Crippen molar-refractivity contribution >= 4 is 35.1 Å². The van der Waals surface area contributed by atoms with Gasteiger partial charge in [0.2, 0.25) is 0 Å². The smallest absolute Gasteiger partial charge is 0.0648 e. The Morgan fingerprint density at radius 3 is 2.30 bits per heavy atom. The van der Waals surface area contributed by atoms with Crippen LogP contribution in [0.1, 0.15) is 0 Å². The first kappa shape index (κ1) is 8.82. The Morgan fingerprint density at radius 2 is 1.90 bits per heavy atom. The largest absolute Gasteiger partial charge is 0.159 e. The lowest BCUT2D eigenvalue weighted by Gasteiger charge is -2.17. The third-order valence-corrected chi connectivity index (χ3v) is 4.53. The first-order valence-electron chi connectivity index (χ1n) is 3.17. The van der Waals surface area contributed by atoms with Crippen LogP contribution in [0.2, 0.25) is 0 Å². The fraction of sp³-hybridized carbons (Fsp3) is 0.714. The lowest BCUT2D eigenvalue weighted by Crippen LogP contribution is -2.20. The van der Waals surface area contributed by atoms with Gasteiger partial charge in [-0.3, -0.25) is 0 Å². The molecule has 0 aliphatic heterocycles. The van der Waals surface area contributed by atoms with E-state index < -0.39 is 0 Å². The van der Waals surface area contributed by atoms with Crippen molar-refractivity contribution in [2.24, 2.45) is 0 Å². The molecule has 0 aromatic heterocycles. The van der Waals surface area contributed by atoms with Crippen LogP contribution in [0.4, 0.5) is 0 Å². The zero-order valence-electron chi connectivity index (χ0n) is 6.08. The standard InChI is InChI=1S/C7H11ClS2/c1-9-6-4-3-5(8)7(6)10-2/h3-7H,1-2H3. The summed E-state index contributed by atoms with van der Waals surface area (Å²) in [6.07, 6.45) is 8.57. The summed E-state index contributed by atoms with van der Waals surface area (Å²) >= 11 is 9.77. The molecule has 0 fully saturated rings. The minimum atomic E-state index is 0.243.